The first kappa shape index (κ1) is 14.7. The lowest BCUT2D eigenvalue weighted by atomic mass is 10.2. The molecule has 0 aliphatic rings. The van der Waals surface area contributed by atoms with Crippen LogP contribution in [0.4, 0.5) is 4.39 Å². The minimum absolute atomic E-state index is 0.259. The summed E-state index contributed by atoms with van der Waals surface area (Å²) in [5.41, 5.74) is 2.09. The summed E-state index contributed by atoms with van der Waals surface area (Å²) in [4.78, 5) is 0. The fraction of sp³-hybridized carbons (Fsp3) is 0.467. The van der Waals surface area contributed by atoms with Crippen molar-refractivity contribution >= 4 is 0 Å². The van der Waals surface area contributed by atoms with Crippen LogP contribution in [0.1, 0.15) is 33.3 Å². The molecule has 0 aromatic heterocycles. The fourth-order valence-electron chi connectivity index (χ4n) is 1.43. The van der Waals surface area contributed by atoms with Crippen molar-refractivity contribution in [2.45, 2.75) is 40.3 Å². The molecule has 0 spiro atoms. The van der Waals surface area contributed by atoms with Gasteiger partial charge in [-0.1, -0.05) is 19.4 Å². The first-order valence-corrected chi connectivity index (χ1v) is 6.26. The maximum atomic E-state index is 13.4. The second-order valence-corrected chi connectivity index (χ2v) is 4.92. The van der Waals surface area contributed by atoms with Crippen LogP contribution in [0, 0.1) is 5.82 Å². The lowest BCUT2D eigenvalue weighted by molar-refractivity contribution is 0.359. The molecule has 0 fully saturated rings. The van der Waals surface area contributed by atoms with Crippen LogP contribution in [-0.4, -0.2) is 12.6 Å². The van der Waals surface area contributed by atoms with Crippen molar-refractivity contribution in [3.05, 3.63) is 41.2 Å². The number of ether oxygens (including phenoxy) is 1. The van der Waals surface area contributed by atoms with Crippen molar-refractivity contribution < 1.29 is 9.13 Å². The molecule has 0 heterocycles. The van der Waals surface area contributed by atoms with Crippen LogP contribution in [0.5, 0.6) is 5.75 Å². The molecule has 18 heavy (non-hydrogen) atoms. The van der Waals surface area contributed by atoms with E-state index in [1.807, 2.05) is 26.0 Å². The molecule has 1 aromatic rings. The van der Waals surface area contributed by atoms with Crippen LogP contribution < -0.4 is 10.1 Å². The van der Waals surface area contributed by atoms with Gasteiger partial charge in [0.2, 0.25) is 0 Å². The molecule has 0 saturated heterocycles. The van der Waals surface area contributed by atoms with E-state index < -0.39 is 0 Å². The van der Waals surface area contributed by atoms with Crippen molar-refractivity contribution in [1.29, 1.82) is 0 Å². The van der Waals surface area contributed by atoms with E-state index in [0.717, 1.165) is 5.56 Å². The first-order chi connectivity index (χ1) is 8.47. The molecule has 0 amide bonds. The normalized spacial score (nSPS) is 10.6. The van der Waals surface area contributed by atoms with Gasteiger partial charge in [0.05, 0.1) is 0 Å². The second-order valence-electron chi connectivity index (χ2n) is 4.92. The van der Waals surface area contributed by atoms with Crippen LogP contribution in [0.3, 0.4) is 0 Å². The highest BCUT2D eigenvalue weighted by molar-refractivity contribution is 5.29. The summed E-state index contributed by atoms with van der Waals surface area (Å²) in [5, 5.41) is 3.26. The number of hydrogen-bond donors (Lipinski definition) is 1. The number of allylic oxidation sites excluding steroid dienone is 1. The molecule has 0 aliphatic carbocycles. The zero-order valence-electron chi connectivity index (χ0n) is 11.6. The van der Waals surface area contributed by atoms with Gasteiger partial charge in [-0.15, -0.1) is 0 Å². The van der Waals surface area contributed by atoms with E-state index in [4.69, 9.17) is 4.74 Å². The number of nitrogens with one attached hydrogen (secondary N) is 1. The van der Waals surface area contributed by atoms with Gasteiger partial charge in [0.25, 0.3) is 0 Å². The summed E-state index contributed by atoms with van der Waals surface area (Å²) in [6.45, 7) is 9.26. The SMILES string of the molecule is CC(C)=CCOc1cc(F)cc(CNC(C)C)c1. The number of halogens is 1. The monoisotopic (exact) mass is 251 g/mol. The quantitative estimate of drug-likeness (QED) is 0.779. The van der Waals surface area contributed by atoms with Gasteiger partial charge < -0.3 is 10.1 Å². The standard InChI is InChI=1S/C15H22FNO/c1-11(2)5-6-18-15-8-13(7-14(16)9-15)10-17-12(3)4/h5,7-9,12,17H,6,10H2,1-4H3. The van der Waals surface area contributed by atoms with Crippen molar-refractivity contribution in [3.63, 3.8) is 0 Å². The van der Waals surface area contributed by atoms with E-state index in [1.54, 1.807) is 0 Å². The highest BCUT2D eigenvalue weighted by Crippen LogP contribution is 2.16. The Balaban J connectivity index is 2.65. The van der Waals surface area contributed by atoms with Crippen molar-refractivity contribution in [3.8, 4) is 5.75 Å². The Labute approximate surface area is 109 Å². The van der Waals surface area contributed by atoms with Gasteiger partial charge in [-0.2, -0.15) is 0 Å². The lowest BCUT2D eigenvalue weighted by Crippen LogP contribution is -2.21. The average molecular weight is 251 g/mol. The van der Waals surface area contributed by atoms with Crippen LogP contribution in [0.15, 0.2) is 29.8 Å². The molecule has 100 valence electrons. The summed E-state index contributed by atoms with van der Waals surface area (Å²) in [6, 6.07) is 5.20. The Morgan fingerprint density at radius 3 is 2.67 bits per heavy atom. The van der Waals surface area contributed by atoms with Gasteiger partial charge in [-0.05, 0) is 37.6 Å². The Morgan fingerprint density at radius 2 is 2.06 bits per heavy atom. The Kier molecular flexibility index (Phi) is 5.86. The smallest absolute Gasteiger partial charge is 0.127 e. The lowest BCUT2D eigenvalue weighted by Gasteiger charge is -2.10. The average Bonchev–Trinajstić information content (AvgIpc) is 2.25. The van der Waals surface area contributed by atoms with Crippen molar-refractivity contribution in [2.75, 3.05) is 6.61 Å². The van der Waals surface area contributed by atoms with Gasteiger partial charge in [-0.3, -0.25) is 0 Å². The van der Waals surface area contributed by atoms with E-state index >= 15 is 0 Å². The molecule has 0 unspecified atom stereocenters. The molecule has 2 nitrogen and oxygen atoms in total. The molecule has 0 atom stereocenters. The predicted molar refractivity (Wildman–Crippen MR) is 73.3 cm³/mol. The van der Waals surface area contributed by atoms with E-state index in [1.165, 1.54) is 17.7 Å². The molecule has 1 rings (SSSR count). The molecule has 3 heteroatoms. The minimum atomic E-state index is -0.259. The van der Waals surface area contributed by atoms with Gasteiger partial charge in [0.1, 0.15) is 18.2 Å². The Bertz CT molecular complexity index is 409. The van der Waals surface area contributed by atoms with E-state index in [2.05, 4.69) is 19.2 Å². The summed E-state index contributed by atoms with van der Waals surface area (Å²) in [6.07, 6.45) is 1.97. The predicted octanol–water partition coefficient (Wildman–Crippen LogP) is 3.67. The zero-order chi connectivity index (χ0) is 13.5. The van der Waals surface area contributed by atoms with Gasteiger partial charge in [-0.25, -0.2) is 4.39 Å². The van der Waals surface area contributed by atoms with Crippen LogP contribution in [-0.2, 0) is 6.54 Å². The van der Waals surface area contributed by atoms with Gasteiger partial charge >= 0.3 is 0 Å². The third-order valence-electron chi connectivity index (χ3n) is 2.39. The molecule has 0 aliphatic heterocycles. The third kappa shape index (κ3) is 5.82. The summed E-state index contributed by atoms with van der Waals surface area (Å²) < 4.78 is 18.9. The van der Waals surface area contributed by atoms with Gasteiger partial charge in [0, 0.05) is 18.7 Å². The summed E-state index contributed by atoms with van der Waals surface area (Å²) in [5.74, 6) is 0.318. The molecule has 1 aromatic carbocycles. The van der Waals surface area contributed by atoms with Crippen molar-refractivity contribution in [1.82, 2.24) is 5.32 Å². The molecule has 1 N–H and O–H groups in total. The Hall–Kier alpha value is -1.35. The molecular weight excluding hydrogens is 229 g/mol. The highest BCUT2D eigenvalue weighted by Gasteiger charge is 2.02. The molecule has 0 saturated carbocycles. The summed E-state index contributed by atoms with van der Waals surface area (Å²) >= 11 is 0. The van der Waals surface area contributed by atoms with Gasteiger partial charge in [0.15, 0.2) is 0 Å². The van der Waals surface area contributed by atoms with E-state index in [0.29, 0.717) is 24.9 Å². The number of hydrogen-bond acceptors (Lipinski definition) is 2. The minimum Gasteiger partial charge on any atom is -0.489 e. The topological polar surface area (TPSA) is 21.3 Å². The summed E-state index contributed by atoms with van der Waals surface area (Å²) in [7, 11) is 0. The third-order valence-corrected chi connectivity index (χ3v) is 2.39. The highest BCUT2D eigenvalue weighted by atomic mass is 19.1. The second kappa shape index (κ2) is 7.17. The fourth-order valence-corrected chi connectivity index (χ4v) is 1.43. The number of benzene rings is 1. The maximum Gasteiger partial charge on any atom is 0.127 e. The van der Waals surface area contributed by atoms with Crippen molar-refractivity contribution in [2.24, 2.45) is 0 Å². The van der Waals surface area contributed by atoms with E-state index in [9.17, 15) is 4.39 Å². The van der Waals surface area contributed by atoms with Crippen LogP contribution in [0.25, 0.3) is 0 Å². The molecule has 0 radical (unpaired) electrons. The zero-order valence-corrected chi connectivity index (χ0v) is 11.6. The van der Waals surface area contributed by atoms with Crippen LogP contribution >= 0.6 is 0 Å². The number of rotatable bonds is 6. The maximum absolute atomic E-state index is 13.4. The largest absolute Gasteiger partial charge is 0.489 e. The Morgan fingerprint density at radius 1 is 1.33 bits per heavy atom. The molecular formula is C15H22FNO. The first-order valence-electron chi connectivity index (χ1n) is 6.26. The van der Waals surface area contributed by atoms with E-state index in [-0.39, 0.29) is 5.82 Å². The molecule has 0 bridgehead atoms. The van der Waals surface area contributed by atoms with Crippen LogP contribution in [0.2, 0.25) is 0 Å².